The van der Waals surface area contributed by atoms with Crippen molar-refractivity contribution in [3.05, 3.63) is 29.5 Å². The molecule has 2 N–H and O–H groups in total. The van der Waals surface area contributed by atoms with Crippen LogP contribution in [0.15, 0.2) is 18.2 Å². The summed E-state index contributed by atoms with van der Waals surface area (Å²) < 4.78 is 2.05. The molecule has 0 bridgehead atoms. The van der Waals surface area contributed by atoms with Gasteiger partial charge in [-0.05, 0) is 38.4 Å². The third kappa shape index (κ3) is 1.63. The third-order valence-electron chi connectivity index (χ3n) is 2.82. The van der Waals surface area contributed by atoms with Crippen molar-refractivity contribution in [3.8, 4) is 0 Å². The predicted octanol–water partition coefficient (Wildman–Crippen LogP) is 1.87. The summed E-state index contributed by atoms with van der Waals surface area (Å²) in [6.45, 7) is 5.85. The Kier molecular flexibility index (Phi) is 2.73. The molecule has 1 aromatic carbocycles. The second kappa shape index (κ2) is 4.03. The van der Waals surface area contributed by atoms with Gasteiger partial charge in [-0.25, -0.2) is 0 Å². The summed E-state index contributed by atoms with van der Waals surface area (Å²) in [6, 6.07) is 6.26. The zero-order valence-electron chi connectivity index (χ0n) is 9.33. The molecule has 0 aliphatic heterocycles. The van der Waals surface area contributed by atoms with Crippen LogP contribution in [0.25, 0.3) is 10.9 Å². The lowest BCUT2D eigenvalue weighted by Gasteiger charge is -2.02. The summed E-state index contributed by atoms with van der Waals surface area (Å²) in [5.74, 6) is 0. The molecule has 0 aliphatic carbocycles. The zero-order valence-corrected chi connectivity index (χ0v) is 9.33. The maximum atomic E-state index is 5.61. The smallest absolute Gasteiger partial charge is 0.0928 e. The molecule has 0 spiro atoms. The monoisotopic (exact) mass is 203 g/mol. The van der Waals surface area contributed by atoms with Crippen LogP contribution in [0.3, 0.4) is 0 Å². The molecule has 3 nitrogen and oxygen atoms in total. The average Bonchev–Trinajstić information content (AvgIpc) is 2.57. The summed E-state index contributed by atoms with van der Waals surface area (Å²) >= 11 is 0. The highest BCUT2D eigenvalue weighted by atomic mass is 15.3. The molecule has 0 amide bonds. The topological polar surface area (TPSA) is 43.8 Å². The number of benzene rings is 1. The van der Waals surface area contributed by atoms with Crippen molar-refractivity contribution < 1.29 is 0 Å². The molecule has 0 saturated carbocycles. The Morgan fingerprint density at radius 1 is 1.40 bits per heavy atom. The highest BCUT2D eigenvalue weighted by molar-refractivity contribution is 5.85. The number of fused-ring (bicyclic) bond motifs is 1. The largest absolute Gasteiger partial charge is 0.330 e. The predicted molar refractivity (Wildman–Crippen MR) is 62.9 cm³/mol. The van der Waals surface area contributed by atoms with E-state index in [0.717, 1.165) is 18.5 Å². The van der Waals surface area contributed by atoms with Crippen LogP contribution in [0, 0.1) is 6.92 Å². The van der Waals surface area contributed by atoms with Gasteiger partial charge in [-0.15, -0.1) is 0 Å². The zero-order chi connectivity index (χ0) is 10.8. The number of hydrogen-bond acceptors (Lipinski definition) is 2. The molecule has 80 valence electrons. The Bertz CT molecular complexity index is 471. The summed E-state index contributed by atoms with van der Waals surface area (Å²) in [5, 5.41) is 5.83. The van der Waals surface area contributed by atoms with Gasteiger partial charge in [0.25, 0.3) is 0 Å². The first-order chi connectivity index (χ1) is 7.27. The van der Waals surface area contributed by atoms with Crippen molar-refractivity contribution in [2.24, 2.45) is 5.73 Å². The minimum Gasteiger partial charge on any atom is -0.330 e. The Hall–Kier alpha value is -1.35. The Morgan fingerprint density at radius 2 is 2.20 bits per heavy atom. The van der Waals surface area contributed by atoms with Gasteiger partial charge < -0.3 is 5.73 Å². The first-order valence-corrected chi connectivity index (χ1v) is 5.43. The molecule has 2 aromatic rings. The van der Waals surface area contributed by atoms with Crippen molar-refractivity contribution in [2.75, 3.05) is 6.54 Å². The van der Waals surface area contributed by atoms with E-state index in [1.165, 1.54) is 16.6 Å². The van der Waals surface area contributed by atoms with Crippen LogP contribution in [0.4, 0.5) is 0 Å². The maximum Gasteiger partial charge on any atom is 0.0928 e. The molecule has 0 radical (unpaired) electrons. The molecule has 0 fully saturated rings. The second-order valence-electron chi connectivity index (χ2n) is 3.75. The molecular weight excluding hydrogens is 186 g/mol. The van der Waals surface area contributed by atoms with E-state index in [1.807, 2.05) is 4.68 Å². The van der Waals surface area contributed by atoms with Crippen LogP contribution in [-0.2, 0) is 13.0 Å². The van der Waals surface area contributed by atoms with Gasteiger partial charge in [0.2, 0.25) is 0 Å². The lowest BCUT2D eigenvalue weighted by Crippen LogP contribution is -2.03. The van der Waals surface area contributed by atoms with E-state index in [-0.39, 0.29) is 0 Å². The van der Waals surface area contributed by atoms with Crippen LogP contribution in [0.5, 0.6) is 0 Å². The first-order valence-electron chi connectivity index (χ1n) is 5.43. The summed E-state index contributed by atoms with van der Waals surface area (Å²) in [7, 11) is 0. The van der Waals surface area contributed by atoms with Crippen molar-refractivity contribution in [1.82, 2.24) is 9.78 Å². The number of aryl methyl sites for hydroxylation is 2. The average molecular weight is 203 g/mol. The van der Waals surface area contributed by atoms with Gasteiger partial charge in [0.1, 0.15) is 0 Å². The molecule has 1 aromatic heterocycles. The third-order valence-corrected chi connectivity index (χ3v) is 2.82. The summed E-state index contributed by atoms with van der Waals surface area (Å²) in [5.41, 5.74) is 9.26. The van der Waals surface area contributed by atoms with Gasteiger partial charge in [-0.2, -0.15) is 5.10 Å². The van der Waals surface area contributed by atoms with Crippen molar-refractivity contribution in [3.63, 3.8) is 0 Å². The first kappa shape index (κ1) is 10.2. The lowest BCUT2D eigenvalue weighted by molar-refractivity contribution is 0.647. The van der Waals surface area contributed by atoms with Gasteiger partial charge in [-0.1, -0.05) is 12.1 Å². The van der Waals surface area contributed by atoms with Crippen molar-refractivity contribution in [2.45, 2.75) is 26.8 Å². The Morgan fingerprint density at radius 3 is 2.87 bits per heavy atom. The van der Waals surface area contributed by atoms with E-state index in [0.29, 0.717) is 6.54 Å². The van der Waals surface area contributed by atoms with Crippen LogP contribution in [0.2, 0.25) is 0 Å². The summed E-state index contributed by atoms with van der Waals surface area (Å²) in [6.07, 6.45) is 0.924. The van der Waals surface area contributed by atoms with E-state index in [2.05, 4.69) is 37.1 Å². The maximum absolute atomic E-state index is 5.61. The number of hydrogen-bond donors (Lipinski definition) is 1. The van der Waals surface area contributed by atoms with Crippen molar-refractivity contribution in [1.29, 1.82) is 0 Å². The minimum atomic E-state index is 0.690. The van der Waals surface area contributed by atoms with Gasteiger partial charge in [-0.3, -0.25) is 4.68 Å². The molecule has 0 aliphatic rings. The Labute approximate surface area is 89.9 Å². The number of nitrogens with two attached hydrogens (primary N) is 1. The van der Waals surface area contributed by atoms with Gasteiger partial charge in [0.15, 0.2) is 0 Å². The number of aromatic nitrogens is 2. The van der Waals surface area contributed by atoms with Crippen LogP contribution in [0.1, 0.15) is 18.2 Å². The quantitative estimate of drug-likeness (QED) is 0.827. The Balaban J connectivity index is 2.67. The second-order valence-corrected chi connectivity index (χ2v) is 3.75. The van der Waals surface area contributed by atoms with Crippen molar-refractivity contribution >= 4 is 10.9 Å². The highest BCUT2D eigenvalue weighted by Gasteiger charge is 2.09. The van der Waals surface area contributed by atoms with E-state index < -0.39 is 0 Å². The molecule has 2 rings (SSSR count). The van der Waals surface area contributed by atoms with Gasteiger partial charge >= 0.3 is 0 Å². The molecule has 0 atom stereocenters. The fourth-order valence-electron chi connectivity index (χ4n) is 2.09. The molecule has 15 heavy (non-hydrogen) atoms. The van der Waals surface area contributed by atoms with Crippen LogP contribution < -0.4 is 5.73 Å². The lowest BCUT2D eigenvalue weighted by atomic mass is 10.1. The van der Waals surface area contributed by atoms with Crippen LogP contribution >= 0.6 is 0 Å². The molecule has 0 saturated heterocycles. The molecule has 1 heterocycles. The minimum absolute atomic E-state index is 0.690. The molecule has 3 heteroatoms. The highest BCUT2D eigenvalue weighted by Crippen LogP contribution is 2.22. The molecular formula is C12H17N3. The van der Waals surface area contributed by atoms with Gasteiger partial charge in [0.05, 0.1) is 5.52 Å². The van der Waals surface area contributed by atoms with E-state index in [9.17, 15) is 0 Å². The fourth-order valence-corrected chi connectivity index (χ4v) is 2.09. The van der Waals surface area contributed by atoms with Gasteiger partial charge in [0, 0.05) is 17.6 Å². The normalized spacial score (nSPS) is 11.1. The fraction of sp³-hybridized carbons (Fsp3) is 0.417. The summed E-state index contributed by atoms with van der Waals surface area (Å²) in [4.78, 5) is 0. The SMILES string of the molecule is CCn1nc2cccc(CCN)c2c1C. The van der Waals surface area contributed by atoms with Crippen LogP contribution in [-0.4, -0.2) is 16.3 Å². The number of nitrogens with zero attached hydrogens (tertiary/aromatic N) is 2. The van der Waals surface area contributed by atoms with E-state index in [4.69, 9.17) is 5.73 Å². The molecule has 0 unspecified atom stereocenters. The van der Waals surface area contributed by atoms with E-state index >= 15 is 0 Å². The van der Waals surface area contributed by atoms with E-state index in [1.54, 1.807) is 0 Å². The number of rotatable bonds is 3. The standard InChI is InChI=1S/C12H17N3/c1-3-15-9(2)12-10(7-8-13)5-4-6-11(12)14-15/h4-6H,3,7-8,13H2,1-2H3.